The highest BCUT2D eigenvalue weighted by Crippen LogP contribution is 2.22. The van der Waals surface area contributed by atoms with Crippen LogP contribution in [-0.4, -0.2) is 54.8 Å². The van der Waals surface area contributed by atoms with Crippen LogP contribution in [-0.2, 0) is 9.59 Å². The molecule has 114 valence electrons. The van der Waals surface area contributed by atoms with Crippen LogP contribution in [0.15, 0.2) is 18.2 Å². The average molecular weight is 311 g/mol. The highest BCUT2D eigenvalue weighted by Gasteiger charge is 2.20. The van der Waals surface area contributed by atoms with E-state index in [1.807, 2.05) is 4.90 Å². The molecule has 7 heteroatoms. The summed E-state index contributed by atoms with van der Waals surface area (Å²) in [6.07, 6.45) is 0.860. The molecule has 1 aromatic rings. The summed E-state index contributed by atoms with van der Waals surface area (Å²) < 4.78 is 0. The van der Waals surface area contributed by atoms with Crippen LogP contribution in [0.4, 0.5) is 11.4 Å². The first-order chi connectivity index (χ1) is 9.95. The Labute approximate surface area is 128 Å². The van der Waals surface area contributed by atoms with Gasteiger partial charge in [-0.2, -0.15) is 0 Å². The fourth-order valence-corrected chi connectivity index (χ4v) is 2.40. The molecule has 2 amide bonds. The van der Waals surface area contributed by atoms with Crippen LogP contribution in [0.3, 0.4) is 0 Å². The Morgan fingerprint density at radius 3 is 2.90 bits per heavy atom. The summed E-state index contributed by atoms with van der Waals surface area (Å²) in [5.41, 5.74) is 6.74. The quantitative estimate of drug-likeness (QED) is 0.817. The van der Waals surface area contributed by atoms with Crippen LogP contribution >= 0.6 is 11.6 Å². The van der Waals surface area contributed by atoms with Gasteiger partial charge in [-0.15, -0.1) is 0 Å². The zero-order valence-corrected chi connectivity index (χ0v) is 12.7. The Morgan fingerprint density at radius 1 is 1.43 bits per heavy atom. The van der Waals surface area contributed by atoms with Gasteiger partial charge in [-0.3, -0.25) is 14.5 Å². The van der Waals surface area contributed by atoms with Gasteiger partial charge in [0, 0.05) is 25.2 Å². The van der Waals surface area contributed by atoms with Crippen LogP contribution in [0.25, 0.3) is 0 Å². The number of nitrogen functional groups attached to an aromatic ring is 1. The summed E-state index contributed by atoms with van der Waals surface area (Å²) in [7, 11) is 1.78. The predicted octanol–water partition coefficient (Wildman–Crippen LogP) is 1.02. The van der Waals surface area contributed by atoms with Gasteiger partial charge in [0.1, 0.15) is 0 Å². The second-order valence-corrected chi connectivity index (χ2v) is 5.60. The van der Waals surface area contributed by atoms with Crippen molar-refractivity contribution in [1.29, 1.82) is 0 Å². The third-order valence-corrected chi connectivity index (χ3v) is 3.64. The molecule has 0 aromatic heterocycles. The SMILES string of the molecule is CN1CCCN(CC(=O)Nc2ccc(Cl)cc2N)CC1=O. The number of likely N-dealkylation sites (N-methyl/N-ethyl adjacent to an activating group) is 1. The molecule has 1 fully saturated rings. The molecule has 0 unspecified atom stereocenters. The lowest BCUT2D eigenvalue weighted by molar-refractivity contribution is -0.130. The molecule has 21 heavy (non-hydrogen) atoms. The third kappa shape index (κ3) is 4.34. The molecule has 0 atom stereocenters. The van der Waals surface area contributed by atoms with Crippen LogP contribution in [0.5, 0.6) is 0 Å². The van der Waals surface area contributed by atoms with Crippen molar-refractivity contribution in [2.75, 3.05) is 44.3 Å². The van der Waals surface area contributed by atoms with Crippen molar-refractivity contribution in [2.45, 2.75) is 6.42 Å². The maximum absolute atomic E-state index is 12.1. The Hall–Kier alpha value is -1.79. The minimum Gasteiger partial charge on any atom is -0.397 e. The molecule has 1 aliphatic rings. The fourth-order valence-electron chi connectivity index (χ4n) is 2.22. The number of amides is 2. The fraction of sp³-hybridized carbons (Fsp3) is 0.429. The van der Waals surface area contributed by atoms with Gasteiger partial charge in [-0.1, -0.05) is 11.6 Å². The monoisotopic (exact) mass is 310 g/mol. The molecular formula is C14H19ClN4O2. The van der Waals surface area contributed by atoms with Crippen LogP contribution in [0, 0.1) is 0 Å². The van der Waals surface area contributed by atoms with Crippen molar-refractivity contribution in [3.8, 4) is 0 Å². The van der Waals surface area contributed by atoms with Crippen molar-refractivity contribution < 1.29 is 9.59 Å². The number of carbonyl (C=O) groups excluding carboxylic acids is 2. The topological polar surface area (TPSA) is 78.7 Å². The minimum absolute atomic E-state index is 0.0336. The molecule has 2 rings (SSSR count). The molecule has 3 N–H and O–H groups in total. The number of hydrogen-bond donors (Lipinski definition) is 2. The van der Waals surface area contributed by atoms with Crippen LogP contribution in [0.2, 0.25) is 5.02 Å². The standard InChI is InChI=1S/C14H19ClN4O2/c1-18-5-2-6-19(9-14(18)21)8-13(20)17-12-4-3-10(15)7-11(12)16/h3-4,7H,2,5-6,8-9,16H2,1H3,(H,17,20). The van der Waals surface area contributed by atoms with Crippen molar-refractivity contribution in [3.63, 3.8) is 0 Å². The van der Waals surface area contributed by atoms with Gasteiger partial charge in [-0.05, 0) is 24.6 Å². The van der Waals surface area contributed by atoms with Crippen LogP contribution < -0.4 is 11.1 Å². The second kappa shape index (κ2) is 6.78. The van der Waals surface area contributed by atoms with E-state index in [9.17, 15) is 9.59 Å². The normalized spacial score (nSPS) is 16.7. The zero-order chi connectivity index (χ0) is 15.4. The largest absolute Gasteiger partial charge is 0.397 e. The summed E-state index contributed by atoms with van der Waals surface area (Å²) in [6.45, 7) is 1.88. The van der Waals surface area contributed by atoms with Gasteiger partial charge in [-0.25, -0.2) is 0 Å². The molecule has 1 aromatic carbocycles. The maximum Gasteiger partial charge on any atom is 0.238 e. The van der Waals surface area contributed by atoms with E-state index in [1.165, 1.54) is 0 Å². The first kappa shape index (κ1) is 15.6. The predicted molar refractivity (Wildman–Crippen MR) is 83.2 cm³/mol. The maximum atomic E-state index is 12.1. The lowest BCUT2D eigenvalue weighted by Gasteiger charge is -2.19. The van der Waals surface area contributed by atoms with Crippen molar-refractivity contribution in [3.05, 3.63) is 23.2 Å². The van der Waals surface area contributed by atoms with E-state index in [0.29, 0.717) is 16.4 Å². The molecular weight excluding hydrogens is 292 g/mol. The summed E-state index contributed by atoms with van der Waals surface area (Å²) in [5, 5.41) is 3.26. The highest BCUT2D eigenvalue weighted by molar-refractivity contribution is 6.31. The number of anilines is 2. The molecule has 0 aliphatic carbocycles. The summed E-state index contributed by atoms with van der Waals surface area (Å²) >= 11 is 5.81. The number of halogens is 1. The van der Waals surface area contributed by atoms with Gasteiger partial charge < -0.3 is 16.0 Å². The first-order valence-corrected chi connectivity index (χ1v) is 7.14. The summed E-state index contributed by atoms with van der Waals surface area (Å²) in [4.78, 5) is 27.4. The lowest BCUT2D eigenvalue weighted by atomic mass is 10.2. The first-order valence-electron chi connectivity index (χ1n) is 6.77. The number of hydrogen-bond acceptors (Lipinski definition) is 4. The van der Waals surface area contributed by atoms with Gasteiger partial charge in [0.15, 0.2) is 0 Å². The van der Waals surface area contributed by atoms with E-state index < -0.39 is 0 Å². The minimum atomic E-state index is -0.193. The van der Waals surface area contributed by atoms with Crippen molar-refractivity contribution in [1.82, 2.24) is 9.80 Å². The number of benzene rings is 1. The number of rotatable bonds is 3. The molecule has 0 saturated carbocycles. The highest BCUT2D eigenvalue weighted by atomic mass is 35.5. The third-order valence-electron chi connectivity index (χ3n) is 3.41. The summed E-state index contributed by atoms with van der Waals surface area (Å²) in [6, 6.07) is 4.91. The molecule has 1 saturated heterocycles. The Morgan fingerprint density at radius 2 is 2.19 bits per heavy atom. The van der Waals surface area contributed by atoms with E-state index >= 15 is 0 Å². The zero-order valence-electron chi connectivity index (χ0n) is 11.9. The Kier molecular flexibility index (Phi) is 5.03. The number of nitrogens with zero attached hydrogens (tertiary/aromatic N) is 2. The van der Waals surface area contributed by atoms with Gasteiger partial charge >= 0.3 is 0 Å². The molecule has 1 aliphatic heterocycles. The average Bonchev–Trinajstić information content (AvgIpc) is 2.55. The number of carbonyl (C=O) groups is 2. The van der Waals surface area contributed by atoms with E-state index in [0.717, 1.165) is 19.5 Å². The van der Waals surface area contributed by atoms with Crippen molar-refractivity contribution in [2.24, 2.45) is 0 Å². The van der Waals surface area contributed by atoms with Crippen molar-refractivity contribution >= 4 is 34.8 Å². The van der Waals surface area contributed by atoms with Gasteiger partial charge in [0.2, 0.25) is 11.8 Å². The lowest BCUT2D eigenvalue weighted by Crippen LogP contribution is -2.38. The van der Waals surface area contributed by atoms with E-state index in [4.69, 9.17) is 17.3 Å². The number of nitrogens with one attached hydrogen (secondary N) is 1. The molecule has 0 spiro atoms. The Balaban J connectivity index is 1.93. The molecule has 6 nitrogen and oxygen atoms in total. The van der Waals surface area contributed by atoms with Gasteiger partial charge in [0.25, 0.3) is 0 Å². The van der Waals surface area contributed by atoms with Gasteiger partial charge in [0.05, 0.1) is 24.5 Å². The smallest absolute Gasteiger partial charge is 0.238 e. The second-order valence-electron chi connectivity index (χ2n) is 5.16. The molecule has 0 bridgehead atoms. The van der Waals surface area contributed by atoms with Crippen LogP contribution in [0.1, 0.15) is 6.42 Å². The van der Waals surface area contributed by atoms with E-state index in [-0.39, 0.29) is 24.9 Å². The Bertz CT molecular complexity index is 550. The summed E-state index contributed by atoms with van der Waals surface area (Å²) in [5.74, 6) is -0.160. The number of nitrogens with two attached hydrogens (primary N) is 1. The van der Waals surface area contributed by atoms with E-state index in [2.05, 4.69) is 5.32 Å². The molecule has 1 heterocycles. The molecule has 0 radical (unpaired) electrons. The van der Waals surface area contributed by atoms with E-state index in [1.54, 1.807) is 30.1 Å².